The molecule has 2 heterocycles. The fourth-order valence-electron chi connectivity index (χ4n) is 6.20. The molecule has 6 nitrogen and oxygen atoms in total. The van der Waals surface area contributed by atoms with E-state index in [1.165, 1.54) is 25.7 Å². The number of amides is 2. The minimum Gasteiger partial charge on any atom is -0.335 e. The molecule has 0 unspecified atom stereocenters. The second kappa shape index (κ2) is 8.32. The van der Waals surface area contributed by atoms with Gasteiger partial charge in [0, 0.05) is 29.9 Å². The number of likely N-dealkylation sites (tertiary alicyclic amines) is 1. The van der Waals surface area contributed by atoms with Gasteiger partial charge in [-0.3, -0.25) is 9.59 Å². The third-order valence-corrected chi connectivity index (χ3v) is 7.82. The maximum Gasteiger partial charge on any atom is 0.256 e. The van der Waals surface area contributed by atoms with E-state index in [-0.39, 0.29) is 11.8 Å². The lowest BCUT2D eigenvalue weighted by Gasteiger charge is -2.26. The fourth-order valence-corrected chi connectivity index (χ4v) is 6.20. The van der Waals surface area contributed by atoms with E-state index < -0.39 is 0 Å². The van der Waals surface area contributed by atoms with Crippen LogP contribution in [-0.2, 0) is 0 Å². The highest BCUT2D eigenvalue weighted by atomic mass is 16.2. The van der Waals surface area contributed by atoms with E-state index in [1.807, 2.05) is 36.7 Å². The van der Waals surface area contributed by atoms with E-state index in [2.05, 4.69) is 19.8 Å². The van der Waals surface area contributed by atoms with E-state index in [0.717, 1.165) is 43.3 Å². The molecule has 33 heavy (non-hydrogen) atoms. The summed E-state index contributed by atoms with van der Waals surface area (Å²) >= 11 is 0. The van der Waals surface area contributed by atoms with Gasteiger partial charge in [0.1, 0.15) is 0 Å². The molecule has 0 radical (unpaired) electrons. The van der Waals surface area contributed by atoms with E-state index in [9.17, 15) is 9.59 Å². The number of carbonyl (C=O) groups excluding carboxylic acids is 2. The summed E-state index contributed by atoms with van der Waals surface area (Å²) in [4.78, 5) is 33.5. The molecule has 2 atom stereocenters. The summed E-state index contributed by atoms with van der Waals surface area (Å²) < 4.78 is 2.22. The van der Waals surface area contributed by atoms with Gasteiger partial charge in [-0.25, -0.2) is 4.98 Å². The van der Waals surface area contributed by atoms with Crippen molar-refractivity contribution in [3.8, 4) is 0 Å². The van der Waals surface area contributed by atoms with Crippen LogP contribution in [-0.4, -0.2) is 38.9 Å². The third-order valence-electron chi connectivity index (χ3n) is 7.82. The molecule has 6 rings (SSSR count). The average molecular weight is 443 g/mol. The molecular formula is C27H30N4O2. The summed E-state index contributed by atoms with van der Waals surface area (Å²) in [5.74, 6) is 0.537. The van der Waals surface area contributed by atoms with Crippen molar-refractivity contribution >= 4 is 28.5 Å². The maximum atomic E-state index is 13.9. The number of hydrogen-bond donors (Lipinski definition) is 1. The second-order valence-corrected chi connectivity index (χ2v) is 9.95. The number of carbonyl (C=O) groups is 2. The van der Waals surface area contributed by atoms with Crippen LogP contribution >= 0.6 is 0 Å². The van der Waals surface area contributed by atoms with Crippen LogP contribution in [0.3, 0.4) is 0 Å². The van der Waals surface area contributed by atoms with Crippen molar-refractivity contribution in [1.82, 2.24) is 14.5 Å². The van der Waals surface area contributed by atoms with Crippen molar-refractivity contribution < 1.29 is 9.59 Å². The van der Waals surface area contributed by atoms with Crippen molar-refractivity contribution in [2.45, 2.75) is 63.5 Å². The van der Waals surface area contributed by atoms with Crippen molar-refractivity contribution in [3.05, 3.63) is 59.9 Å². The van der Waals surface area contributed by atoms with Gasteiger partial charge in [-0.1, -0.05) is 37.5 Å². The Labute approximate surface area is 194 Å². The van der Waals surface area contributed by atoms with Gasteiger partial charge >= 0.3 is 0 Å². The van der Waals surface area contributed by atoms with Gasteiger partial charge in [0.05, 0.1) is 22.9 Å². The molecule has 1 aliphatic heterocycles. The quantitative estimate of drug-likeness (QED) is 0.587. The number of hydrogen-bond acceptors (Lipinski definition) is 3. The average Bonchev–Trinajstić information content (AvgIpc) is 3.57. The molecule has 2 bridgehead atoms. The lowest BCUT2D eigenvalue weighted by molar-refractivity contribution is 0.0734. The first-order chi connectivity index (χ1) is 16.2. The Kier molecular flexibility index (Phi) is 5.16. The summed E-state index contributed by atoms with van der Waals surface area (Å²) in [5, 5.41) is 3.00. The number of rotatable bonds is 4. The van der Waals surface area contributed by atoms with Crippen molar-refractivity contribution in [2.24, 2.45) is 5.92 Å². The molecule has 170 valence electrons. The predicted molar refractivity (Wildman–Crippen MR) is 128 cm³/mol. The van der Waals surface area contributed by atoms with Gasteiger partial charge in [0.15, 0.2) is 0 Å². The molecule has 3 fully saturated rings. The molecular weight excluding hydrogens is 412 g/mol. The summed E-state index contributed by atoms with van der Waals surface area (Å²) in [7, 11) is 0. The van der Waals surface area contributed by atoms with Gasteiger partial charge < -0.3 is 14.8 Å². The molecule has 1 N–H and O–H groups in total. The molecule has 1 aromatic heterocycles. The van der Waals surface area contributed by atoms with Gasteiger partial charge in [0.25, 0.3) is 11.8 Å². The third kappa shape index (κ3) is 3.71. The molecule has 0 spiro atoms. The minimum absolute atomic E-state index is 0.0879. The van der Waals surface area contributed by atoms with E-state index in [4.69, 9.17) is 0 Å². The normalized spacial score (nSPS) is 22.7. The van der Waals surface area contributed by atoms with Crippen LogP contribution in [0.4, 0.5) is 5.69 Å². The fraction of sp³-hybridized carbons (Fsp3) is 0.444. The standard InChI is InChI=1S/C27H30N4O2/c32-26(19-8-2-1-3-9-19)29-20-14-23(27(33)30-16-18-7-6-12-22(30)13-18)25-24(15-20)28-17-31(25)21-10-4-5-11-21/h1-3,8-9,14-15,17-18,21-22H,4-7,10-13,16H2,(H,29,32)/t18-,22-/m0/s1. The maximum absolute atomic E-state index is 13.9. The highest BCUT2D eigenvalue weighted by Crippen LogP contribution is 2.39. The predicted octanol–water partition coefficient (Wildman–Crippen LogP) is 5.42. The number of nitrogens with one attached hydrogen (secondary N) is 1. The first kappa shape index (κ1) is 20.5. The van der Waals surface area contributed by atoms with Gasteiger partial charge in [0.2, 0.25) is 0 Å². The lowest BCUT2D eigenvalue weighted by Crippen LogP contribution is -2.35. The zero-order chi connectivity index (χ0) is 22.4. The van der Waals surface area contributed by atoms with Gasteiger partial charge in [-0.2, -0.15) is 0 Å². The molecule has 2 aromatic carbocycles. The molecule has 3 aromatic rings. The summed E-state index contributed by atoms with van der Waals surface area (Å²) in [6.07, 6.45) is 11.2. The van der Waals surface area contributed by atoms with Crippen molar-refractivity contribution in [3.63, 3.8) is 0 Å². The van der Waals surface area contributed by atoms with Crippen LogP contribution in [0, 0.1) is 5.92 Å². The molecule has 6 heteroatoms. The van der Waals surface area contributed by atoms with E-state index in [0.29, 0.717) is 34.8 Å². The van der Waals surface area contributed by atoms with Gasteiger partial charge in [-0.15, -0.1) is 0 Å². The smallest absolute Gasteiger partial charge is 0.256 e. The molecule has 2 amide bonds. The van der Waals surface area contributed by atoms with Crippen LogP contribution in [0.2, 0.25) is 0 Å². The summed E-state index contributed by atoms with van der Waals surface area (Å²) in [6, 6.07) is 13.7. The Bertz CT molecular complexity index is 1200. The Morgan fingerprint density at radius 3 is 2.52 bits per heavy atom. The number of fused-ring (bicyclic) bond motifs is 3. The van der Waals surface area contributed by atoms with Crippen molar-refractivity contribution in [1.29, 1.82) is 0 Å². The number of nitrogens with zero attached hydrogens (tertiary/aromatic N) is 3. The first-order valence-electron chi connectivity index (χ1n) is 12.4. The minimum atomic E-state index is -0.180. The largest absolute Gasteiger partial charge is 0.335 e. The molecule has 2 saturated carbocycles. The van der Waals surface area contributed by atoms with E-state index in [1.54, 1.807) is 12.1 Å². The number of anilines is 1. The van der Waals surface area contributed by atoms with Crippen molar-refractivity contribution in [2.75, 3.05) is 11.9 Å². The van der Waals surface area contributed by atoms with Crippen LogP contribution < -0.4 is 5.32 Å². The Balaban J connectivity index is 1.41. The number of aromatic nitrogens is 2. The van der Waals surface area contributed by atoms with Gasteiger partial charge in [-0.05, 0) is 62.3 Å². The zero-order valence-electron chi connectivity index (χ0n) is 18.9. The molecule has 2 aliphatic carbocycles. The number of benzene rings is 2. The van der Waals surface area contributed by atoms with Crippen LogP contribution in [0.1, 0.15) is 78.1 Å². The molecule has 1 saturated heterocycles. The number of imidazole rings is 1. The topological polar surface area (TPSA) is 67.2 Å². The highest BCUT2D eigenvalue weighted by molar-refractivity contribution is 6.10. The van der Waals surface area contributed by atoms with Crippen LogP contribution in [0.25, 0.3) is 11.0 Å². The summed E-state index contributed by atoms with van der Waals surface area (Å²) in [6.45, 7) is 0.850. The van der Waals surface area contributed by atoms with Crippen LogP contribution in [0.5, 0.6) is 0 Å². The SMILES string of the molecule is O=C(Nc1cc(C(=O)N2C[C@H]3CCC[C@H]2C3)c2c(c1)ncn2C1CCCC1)c1ccccc1. The Hall–Kier alpha value is -3.15. The first-order valence-corrected chi connectivity index (χ1v) is 12.4. The Morgan fingerprint density at radius 2 is 1.73 bits per heavy atom. The second-order valence-electron chi connectivity index (χ2n) is 9.95. The van der Waals surface area contributed by atoms with Crippen LogP contribution in [0.15, 0.2) is 48.8 Å². The highest BCUT2D eigenvalue weighted by Gasteiger charge is 2.39. The zero-order valence-corrected chi connectivity index (χ0v) is 18.9. The summed E-state index contributed by atoms with van der Waals surface area (Å²) in [5.41, 5.74) is 3.59. The Morgan fingerprint density at radius 1 is 0.939 bits per heavy atom. The lowest BCUT2D eigenvalue weighted by atomic mass is 9.90. The monoisotopic (exact) mass is 442 g/mol. The molecule has 3 aliphatic rings. The van der Waals surface area contributed by atoms with E-state index >= 15 is 0 Å².